The first kappa shape index (κ1) is 20.2. The summed E-state index contributed by atoms with van der Waals surface area (Å²) >= 11 is 7.03. The lowest BCUT2D eigenvalue weighted by atomic mass is 10.0. The maximum Gasteiger partial charge on any atom is 0.0641 e. The number of rotatable bonds is 3. The average Bonchev–Trinajstić information content (AvgIpc) is 2.36. The highest BCUT2D eigenvalue weighted by atomic mass is 79.9. The van der Waals surface area contributed by atoms with E-state index in [-0.39, 0.29) is 30.9 Å². The van der Waals surface area contributed by atoms with Crippen molar-refractivity contribution < 1.29 is 0 Å². The summed E-state index contributed by atoms with van der Waals surface area (Å²) in [6.07, 6.45) is 0.531. The van der Waals surface area contributed by atoms with Gasteiger partial charge in [-0.15, -0.1) is 24.8 Å². The molecule has 0 spiro atoms. The number of benzene rings is 1. The molecule has 1 saturated heterocycles. The summed E-state index contributed by atoms with van der Waals surface area (Å²) in [6, 6.07) is 8.73. The molecule has 0 aromatic heterocycles. The van der Waals surface area contributed by atoms with Gasteiger partial charge in [-0.05, 0) is 23.8 Å². The Morgan fingerprint density at radius 1 is 1.15 bits per heavy atom. The lowest BCUT2D eigenvalue weighted by Gasteiger charge is -2.34. The van der Waals surface area contributed by atoms with E-state index in [9.17, 15) is 0 Å². The van der Waals surface area contributed by atoms with Crippen LogP contribution in [0.5, 0.6) is 0 Å². The Kier molecular flexibility index (Phi) is 10.1. The van der Waals surface area contributed by atoms with Gasteiger partial charge < -0.3 is 5.32 Å². The highest BCUT2D eigenvalue weighted by molar-refractivity contribution is 9.11. The second-order valence-electron chi connectivity index (χ2n) is 4.37. The summed E-state index contributed by atoms with van der Waals surface area (Å²) in [4.78, 5) is 2.38. The minimum Gasteiger partial charge on any atom is -0.314 e. The number of halogens is 4. The quantitative estimate of drug-likeness (QED) is 0.766. The fourth-order valence-electron chi connectivity index (χ4n) is 2.31. The lowest BCUT2D eigenvalue weighted by Crippen LogP contribution is -2.45. The van der Waals surface area contributed by atoms with Crippen molar-refractivity contribution in [2.75, 3.05) is 26.2 Å². The van der Waals surface area contributed by atoms with Crippen LogP contribution < -0.4 is 5.32 Å². The standard InChI is InChI=1S/C13H15Br2N3.2ClH/c14-11-7-10(8-12(15)9-11)13(1-2-16)18-5-3-17-4-6-18;;/h7-9,13,17H,1,3-6H2;2*1H/t13-;;/m0../s1. The highest BCUT2D eigenvalue weighted by Crippen LogP contribution is 2.29. The van der Waals surface area contributed by atoms with Gasteiger partial charge in [0.25, 0.3) is 0 Å². The van der Waals surface area contributed by atoms with E-state index in [0.29, 0.717) is 6.42 Å². The maximum atomic E-state index is 9.05. The van der Waals surface area contributed by atoms with Gasteiger partial charge in [0.2, 0.25) is 0 Å². The van der Waals surface area contributed by atoms with Crippen molar-refractivity contribution in [3.05, 3.63) is 32.7 Å². The van der Waals surface area contributed by atoms with E-state index in [1.165, 1.54) is 5.56 Å². The molecule has 1 aromatic carbocycles. The Hall–Kier alpha value is 0.170. The van der Waals surface area contributed by atoms with Gasteiger partial charge in [0.15, 0.2) is 0 Å². The third kappa shape index (κ3) is 5.51. The Bertz CT molecular complexity index is 439. The van der Waals surface area contributed by atoms with Crippen LogP contribution in [0.3, 0.4) is 0 Å². The SMILES string of the molecule is Cl.Cl.N#CC[C@@H](c1cc(Br)cc(Br)c1)N1CCNCC1. The largest absolute Gasteiger partial charge is 0.314 e. The van der Waals surface area contributed by atoms with Gasteiger partial charge in [0, 0.05) is 41.2 Å². The molecule has 1 heterocycles. The number of nitrogens with one attached hydrogen (secondary N) is 1. The fourth-order valence-corrected chi connectivity index (χ4v) is 3.63. The number of hydrogen-bond acceptors (Lipinski definition) is 3. The molecule has 0 aliphatic carbocycles. The first-order valence-corrected chi connectivity index (χ1v) is 7.57. The molecule has 2 rings (SSSR count). The second-order valence-corrected chi connectivity index (χ2v) is 6.20. The molecular weight excluding hydrogens is 429 g/mol. The second kappa shape index (κ2) is 9.99. The predicted molar refractivity (Wildman–Crippen MR) is 93.8 cm³/mol. The highest BCUT2D eigenvalue weighted by Gasteiger charge is 2.22. The van der Waals surface area contributed by atoms with Crippen LogP contribution in [0.2, 0.25) is 0 Å². The Morgan fingerprint density at radius 3 is 2.20 bits per heavy atom. The molecule has 1 aliphatic rings. The third-order valence-corrected chi connectivity index (χ3v) is 4.06. The van der Waals surface area contributed by atoms with Gasteiger partial charge in [-0.1, -0.05) is 31.9 Å². The zero-order chi connectivity index (χ0) is 13.0. The molecule has 1 N–H and O–H groups in total. The molecular formula is C13H17Br2Cl2N3. The summed E-state index contributed by atoms with van der Waals surface area (Å²) in [5.41, 5.74) is 1.19. The fraction of sp³-hybridized carbons (Fsp3) is 0.462. The van der Waals surface area contributed by atoms with Crippen molar-refractivity contribution in [1.82, 2.24) is 10.2 Å². The van der Waals surface area contributed by atoms with Crippen LogP contribution in [-0.4, -0.2) is 31.1 Å². The summed E-state index contributed by atoms with van der Waals surface area (Å²) < 4.78 is 2.09. The summed E-state index contributed by atoms with van der Waals surface area (Å²) in [7, 11) is 0. The van der Waals surface area contributed by atoms with Gasteiger partial charge in [-0.2, -0.15) is 5.26 Å². The molecule has 0 radical (unpaired) electrons. The Labute approximate surface area is 149 Å². The van der Waals surface area contributed by atoms with Gasteiger partial charge in [0.05, 0.1) is 12.5 Å². The van der Waals surface area contributed by atoms with E-state index in [2.05, 4.69) is 60.3 Å². The van der Waals surface area contributed by atoms with Gasteiger partial charge in [0.1, 0.15) is 0 Å². The molecule has 1 aromatic rings. The Balaban J connectivity index is 0.00000180. The van der Waals surface area contributed by atoms with E-state index in [1.54, 1.807) is 0 Å². The zero-order valence-corrected chi connectivity index (χ0v) is 15.6. The molecule has 1 fully saturated rings. The summed E-state index contributed by atoms with van der Waals surface area (Å²) in [6.45, 7) is 3.99. The van der Waals surface area contributed by atoms with Crippen molar-refractivity contribution in [1.29, 1.82) is 5.26 Å². The normalized spacial score (nSPS) is 16.4. The summed E-state index contributed by atoms with van der Waals surface area (Å²) in [5, 5.41) is 12.4. The van der Waals surface area contributed by atoms with Crippen molar-refractivity contribution in [2.45, 2.75) is 12.5 Å². The number of hydrogen-bond donors (Lipinski definition) is 1. The number of nitriles is 1. The molecule has 7 heteroatoms. The molecule has 0 amide bonds. The van der Waals surface area contributed by atoms with E-state index in [4.69, 9.17) is 5.26 Å². The van der Waals surface area contributed by atoms with Gasteiger partial charge >= 0.3 is 0 Å². The van der Waals surface area contributed by atoms with Crippen molar-refractivity contribution in [2.24, 2.45) is 0 Å². The molecule has 3 nitrogen and oxygen atoms in total. The van der Waals surface area contributed by atoms with Crippen molar-refractivity contribution in [3.8, 4) is 6.07 Å². The Morgan fingerprint density at radius 2 is 1.70 bits per heavy atom. The topological polar surface area (TPSA) is 39.1 Å². The summed E-state index contributed by atoms with van der Waals surface area (Å²) in [5.74, 6) is 0. The number of piperazine rings is 1. The first-order chi connectivity index (χ1) is 8.70. The maximum absolute atomic E-state index is 9.05. The average molecular weight is 446 g/mol. The van der Waals surface area contributed by atoms with E-state index < -0.39 is 0 Å². The van der Waals surface area contributed by atoms with Crippen LogP contribution in [0.4, 0.5) is 0 Å². The number of nitrogens with zero attached hydrogens (tertiary/aromatic N) is 2. The van der Waals surface area contributed by atoms with E-state index >= 15 is 0 Å². The molecule has 0 unspecified atom stereocenters. The molecule has 1 aliphatic heterocycles. The third-order valence-electron chi connectivity index (χ3n) is 3.15. The van der Waals surface area contributed by atoms with Gasteiger partial charge in [-0.25, -0.2) is 0 Å². The van der Waals surface area contributed by atoms with Crippen molar-refractivity contribution >= 4 is 56.7 Å². The van der Waals surface area contributed by atoms with Crippen LogP contribution in [0, 0.1) is 11.3 Å². The smallest absolute Gasteiger partial charge is 0.0641 e. The molecule has 20 heavy (non-hydrogen) atoms. The molecule has 1 atom stereocenters. The predicted octanol–water partition coefficient (Wildman–Crippen LogP) is 3.92. The van der Waals surface area contributed by atoms with Crippen molar-refractivity contribution in [3.63, 3.8) is 0 Å². The van der Waals surface area contributed by atoms with Crippen LogP contribution in [0.15, 0.2) is 27.1 Å². The molecule has 0 saturated carbocycles. The minimum absolute atomic E-state index is 0. The van der Waals surface area contributed by atoms with E-state index in [1.807, 2.05) is 6.07 Å². The molecule has 112 valence electrons. The monoisotopic (exact) mass is 443 g/mol. The van der Waals surface area contributed by atoms with Crippen LogP contribution in [0.1, 0.15) is 18.0 Å². The van der Waals surface area contributed by atoms with Crippen LogP contribution in [-0.2, 0) is 0 Å². The van der Waals surface area contributed by atoms with Crippen LogP contribution >= 0.6 is 56.7 Å². The van der Waals surface area contributed by atoms with Crippen LogP contribution in [0.25, 0.3) is 0 Å². The van der Waals surface area contributed by atoms with E-state index in [0.717, 1.165) is 35.1 Å². The van der Waals surface area contributed by atoms with Gasteiger partial charge in [-0.3, -0.25) is 4.90 Å². The minimum atomic E-state index is 0. The molecule has 0 bridgehead atoms. The first-order valence-electron chi connectivity index (χ1n) is 5.98. The lowest BCUT2D eigenvalue weighted by molar-refractivity contribution is 0.175. The zero-order valence-electron chi connectivity index (χ0n) is 10.8.